The lowest BCUT2D eigenvalue weighted by atomic mass is 9.99. The number of carbonyl (C=O) groups excluding carboxylic acids is 2. The Balaban J connectivity index is 1.15. The van der Waals surface area contributed by atoms with Gasteiger partial charge in [-0.25, -0.2) is 4.98 Å². The number of hydrogen-bond acceptors (Lipinski definition) is 5. The molecule has 7 heteroatoms. The molecule has 1 N–H and O–H groups in total. The van der Waals surface area contributed by atoms with Gasteiger partial charge in [0.1, 0.15) is 35.0 Å². The molecule has 6 nitrogen and oxygen atoms in total. The number of aryl methyl sites for hydroxylation is 1. The second kappa shape index (κ2) is 8.13. The number of nitrogens with zero attached hydrogens (tertiary/aromatic N) is 1. The molecule has 1 unspecified atom stereocenters. The number of fused-ring (bicyclic) bond motifs is 4. The van der Waals surface area contributed by atoms with Gasteiger partial charge in [-0.05, 0) is 60.9 Å². The summed E-state index contributed by atoms with van der Waals surface area (Å²) in [4.78, 5) is 28.7. The molecule has 2 aromatic carbocycles. The monoisotopic (exact) mass is 474 g/mol. The van der Waals surface area contributed by atoms with Crippen molar-refractivity contribution >= 4 is 29.1 Å². The molecular weight excluding hydrogens is 452 g/mol. The van der Waals surface area contributed by atoms with Crippen LogP contribution in [0.2, 0.25) is 5.02 Å². The summed E-state index contributed by atoms with van der Waals surface area (Å²) >= 11 is 6.03. The van der Waals surface area contributed by atoms with Crippen LogP contribution in [0.4, 0.5) is 5.82 Å². The predicted octanol–water partition coefficient (Wildman–Crippen LogP) is 5.40. The number of ether oxygens (including phenoxy) is 2. The van der Waals surface area contributed by atoms with E-state index < -0.39 is 0 Å². The molecule has 0 bridgehead atoms. The van der Waals surface area contributed by atoms with Crippen LogP contribution >= 0.6 is 11.6 Å². The number of halogens is 1. The third-order valence-electron chi connectivity index (χ3n) is 6.96. The lowest BCUT2D eigenvalue weighted by Gasteiger charge is -2.19. The first kappa shape index (κ1) is 21.2. The van der Waals surface area contributed by atoms with Gasteiger partial charge in [-0.15, -0.1) is 0 Å². The fourth-order valence-electron chi connectivity index (χ4n) is 5.14. The molecule has 3 aromatic rings. The number of hydrogen-bond donors (Lipinski definition) is 1. The molecule has 172 valence electrons. The van der Waals surface area contributed by atoms with E-state index in [9.17, 15) is 9.59 Å². The van der Waals surface area contributed by atoms with Gasteiger partial charge in [0.2, 0.25) is 5.91 Å². The quantitative estimate of drug-likeness (QED) is 0.517. The van der Waals surface area contributed by atoms with Gasteiger partial charge < -0.3 is 14.8 Å². The molecule has 3 atom stereocenters. The number of amides is 1. The fraction of sp³-hybridized carbons (Fsp3) is 0.296. The van der Waals surface area contributed by atoms with E-state index in [4.69, 9.17) is 21.1 Å². The average Bonchev–Trinajstić information content (AvgIpc) is 3.32. The highest BCUT2D eigenvalue weighted by Crippen LogP contribution is 2.60. The summed E-state index contributed by atoms with van der Waals surface area (Å²) in [6.45, 7) is 1.98. The van der Waals surface area contributed by atoms with Crippen molar-refractivity contribution < 1.29 is 19.1 Å². The zero-order chi connectivity index (χ0) is 23.4. The number of anilines is 1. The molecule has 0 spiro atoms. The van der Waals surface area contributed by atoms with E-state index in [0.29, 0.717) is 48.0 Å². The van der Waals surface area contributed by atoms with Gasteiger partial charge in [0.25, 0.3) is 0 Å². The number of Topliss-reactive ketones (excluding diaryl/α,β-unsaturated/α-hetero) is 1. The van der Waals surface area contributed by atoms with E-state index in [0.717, 1.165) is 28.0 Å². The summed E-state index contributed by atoms with van der Waals surface area (Å²) < 4.78 is 12.3. The van der Waals surface area contributed by atoms with E-state index in [1.807, 2.05) is 49.4 Å². The maximum absolute atomic E-state index is 12.8. The highest BCUT2D eigenvalue weighted by Gasteiger charge is 2.59. The third-order valence-corrected chi connectivity index (χ3v) is 7.19. The Hall–Kier alpha value is -3.38. The Labute approximate surface area is 202 Å². The van der Waals surface area contributed by atoms with Crippen LogP contribution < -0.4 is 14.8 Å². The van der Waals surface area contributed by atoms with Crippen LogP contribution in [0.25, 0.3) is 0 Å². The Morgan fingerprint density at radius 2 is 2.09 bits per heavy atom. The molecule has 3 heterocycles. The normalized spacial score (nSPS) is 21.6. The Morgan fingerprint density at radius 3 is 2.94 bits per heavy atom. The predicted molar refractivity (Wildman–Crippen MR) is 128 cm³/mol. The molecule has 34 heavy (non-hydrogen) atoms. The maximum atomic E-state index is 12.8. The van der Waals surface area contributed by atoms with E-state index >= 15 is 0 Å². The highest BCUT2D eigenvalue weighted by atomic mass is 35.5. The molecule has 1 aliphatic carbocycles. The molecule has 1 fully saturated rings. The topological polar surface area (TPSA) is 77.5 Å². The molecule has 0 saturated heterocycles. The first-order valence-corrected chi connectivity index (χ1v) is 11.9. The van der Waals surface area contributed by atoms with Gasteiger partial charge in [-0.2, -0.15) is 0 Å². The highest BCUT2D eigenvalue weighted by molar-refractivity contribution is 6.30. The lowest BCUT2D eigenvalue weighted by Crippen LogP contribution is -2.20. The van der Waals surface area contributed by atoms with Gasteiger partial charge in [-0.1, -0.05) is 17.7 Å². The zero-order valence-corrected chi connectivity index (χ0v) is 19.4. The first-order valence-electron chi connectivity index (χ1n) is 11.5. The first-order chi connectivity index (χ1) is 16.5. The Kier molecular flexibility index (Phi) is 5.06. The second-order valence-electron chi connectivity index (χ2n) is 9.25. The standard InChI is InChI=1S/C27H23ClN2O4/c1-14-10-16(28)3-2-15(14)11-17(31)12-21-25-20-13-18(4-6-22(20)34-26(21)25)33-23-8-9-29-27-19(23)5-7-24(32)30-27/h2-4,6,8-10,13,21,25-26H,5,7,11-12H2,1H3,(H,29,30,32)/t21-,25-,26?/m0/s1. The molecule has 0 radical (unpaired) electrons. The van der Waals surface area contributed by atoms with Gasteiger partial charge in [0, 0.05) is 53.4 Å². The smallest absolute Gasteiger partial charge is 0.225 e. The summed E-state index contributed by atoms with van der Waals surface area (Å²) in [5.41, 5.74) is 4.07. The van der Waals surface area contributed by atoms with Gasteiger partial charge >= 0.3 is 0 Å². The van der Waals surface area contributed by atoms with E-state index in [1.165, 1.54) is 0 Å². The minimum atomic E-state index is -0.0292. The van der Waals surface area contributed by atoms with E-state index in [-0.39, 0.29) is 29.6 Å². The summed E-state index contributed by atoms with van der Waals surface area (Å²) in [5.74, 6) is 3.44. The van der Waals surface area contributed by atoms with Crippen LogP contribution in [0.5, 0.6) is 17.2 Å². The molecule has 3 aliphatic rings. The number of ketones is 1. The number of aromatic nitrogens is 1. The maximum Gasteiger partial charge on any atom is 0.225 e. The van der Waals surface area contributed by atoms with Crippen molar-refractivity contribution in [1.29, 1.82) is 0 Å². The van der Waals surface area contributed by atoms with Crippen molar-refractivity contribution in [2.45, 2.75) is 44.6 Å². The number of rotatable bonds is 6. The van der Waals surface area contributed by atoms with Crippen molar-refractivity contribution in [3.8, 4) is 17.2 Å². The summed E-state index contributed by atoms with van der Waals surface area (Å²) in [5, 5.41) is 3.49. The molecule has 1 saturated carbocycles. The van der Waals surface area contributed by atoms with Crippen LogP contribution in [-0.2, 0) is 22.4 Å². The van der Waals surface area contributed by atoms with Crippen molar-refractivity contribution in [1.82, 2.24) is 4.98 Å². The summed E-state index contributed by atoms with van der Waals surface area (Å²) in [6, 6.07) is 13.3. The minimum absolute atomic E-state index is 0.0292. The van der Waals surface area contributed by atoms with Gasteiger partial charge in [-0.3, -0.25) is 9.59 Å². The number of nitrogens with one attached hydrogen (secondary N) is 1. The summed E-state index contributed by atoms with van der Waals surface area (Å²) in [7, 11) is 0. The number of carbonyl (C=O) groups is 2. The minimum Gasteiger partial charge on any atom is -0.489 e. The third kappa shape index (κ3) is 3.82. The van der Waals surface area contributed by atoms with Crippen LogP contribution in [0, 0.1) is 12.8 Å². The molecule has 2 aliphatic heterocycles. The zero-order valence-electron chi connectivity index (χ0n) is 18.6. The number of benzene rings is 2. The fourth-order valence-corrected chi connectivity index (χ4v) is 5.37. The van der Waals surface area contributed by atoms with Crippen LogP contribution in [0.3, 0.4) is 0 Å². The molecule has 1 aromatic heterocycles. The molecule has 1 amide bonds. The van der Waals surface area contributed by atoms with Crippen molar-refractivity contribution in [2.24, 2.45) is 5.92 Å². The van der Waals surface area contributed by atoms with Gasteiger partial charge in [0.05, 0.1) is 0 Å². The van der Waals surface area contributed by atoms with Crippen LogP contribution in [0.1, 0.15) is 41.0 Å². The Bertz CT molecular complexity index is 1340. The van der Waals surface area contributed by atoms with Crippen molar-refractivity contribution in [3.63, 3.8) is 0 Å². The van der Waals surface area contributed by atoms with Crippen molar-refractivity contribution in [3.05, 3.63) is 75.9 Å². The SMILES string of the molecule is Cc1cc(Cl)ccc1CC(=O)C[C@@H]1C2Oc3ccc(Oc4ccnc5c4CCC(=O)N5)cc3[C@H]21. The Morgan fingerprint density at radius 1 is 1.21 bits per heavy atom. The largest absolute Gasteiger partial charge is 0.489 e. The molecular formula is C27H23ClN2O4. The van der Waals surface area contributed by atoms with Gasteiger partial charge in [0.15, 0.2) is 0 Å². The van der Waals surface area contributed by atoms with Crippen LogP contribution in [-0.4, -0.2) is 22.8 Å². The average molecular weight is 475 g/mol. The van der Waals surface area contributed by atoms with E-state index in [2.05, 4.69) is 10.3 Å². The number of pyridine rings is 1. The lowest BCUT2D eigenvalue weighted by molar-refractivity contribution is -0.119. The van der Waals surface area contributed by atoms with Crippen molar-refractivity contribution in [2.75, 3.05) is 5.32 Å². The van der Waals surface area contributed by atoms with Crippen LogP contribution in [0.15, 0.2) is 48.7 Å². The second-order valence-corrected chi connectivity index (χ2v) is 9.69. The molecule has 6 rings (SSSR count). The summed E-state index contributed by atoms with van der Waals surface area (Å²) in [6.07, 6.45) is 3.63. The van der Waals surface area contributed by atoms with E-state index in [1.54, 1.807) is 6.20 Å².